The summed E-state index contributed by atoms with van der Waals surface area (Å²) in [5, 5.41) is 0. The van der Waals surface area contributed by atoms with E-state index in [0.29, 0.717) is 24.4 Å². The second kappa shape index (κ2) is 2.12. The number of hydrogen-bond acceptors (Lipinski definition) is 2. The van der Waals surface area contributed by atoms with Crippen molar-refractivity contribution in [2.24, 2.45) is 17.8 Å². The van der Waals surface area contributed by atoms with Crippen molar-refractivity contribution >= 4 is 0 Å². The number of fused-ring (bicyclic) bond motifs is 3. The zero-order valence-corrected chi connectivity index (χ0v) is 7.98. The molecule has 0 aromatic rings. The zero-order chi connectivity index (χ0) is 8.58. The van der Waals surface area contributed by atoms with E-state index in [-0.39, 0.29) is 0 Å². The normalized spacial score (nSPS) is 67.6. The summed E-state index contributed by atoms with van der Waals surface area (Å²) in [5.74, 6) is 2.71. The van der Waals surface area contributed by atoms with Crippen LogP contribution in [0.1, 0.15) is 26.2 Å². The number of hydrogen-bond donors (Lipinski definition) is 0. The minimum atomic E-state index is 0.543. The molecular formula is C11H16O2. The maximum atomic E-state index is 5.65. The Hall–Kier alpha value is -0.0800. The van der Waals surface area contributed by atoms with Crippen LogP contribution in [0, 0.1) is 17.8 Å². The maximum Gasteiger partial charge on any atom is 0.0876 e. The Morgan fingerprint density at radius 1 is 1.08 bits per heavy atom. The minimum absolute atomic E-state index is 0.543. The van der Waals surface area contributed by atoms with Gasteiger partial charge in [0.15, 0.2) is 0 Å². The van der Waals surface area contributed by atoms with E-state index in [1.165, 1.54) is 19.3 Å². The molecule has 0 aromatic heterocycles. The monoisotopic (exact) mass is 180 g/mol. The first-order valence-corrected chi connectivity index (χ1v) is 5.65. The van der Waals surface area contributed by atoms with Crippen molar-refractivity contribution in [2.45, 2.75) is 50.6 Å². The van der Waals surface area contributed by atoms with Crippen LogP contribution in [0.25, 0.3) is 0 Å². The smallest absolute Gasteiger partial charge is 0.0876 e. The molecule has 4 aliphatic rings. The molecule has 4 rings (SSSR count). The summed E-state index contributed by atoms with van der Waals surface area (Å²) in [4.78, 5) is 0. The van der Waals surface area contributed by atoms with Gasteiger partial charge in [-0.05, 0) is 43.9 Å². The third-order valence-corrected chi connectivity index (χ3v) is 4.63. The van der Waals surface area contributed by atoms with E-state index in [0.717, 1.165) is 17.8 Å². The van der Waals surface area contributed by atoms with Crippen LogP contribution in [0.2, 0.25) is 0 Å². The lowest BCUT2D eigenvalue weighted by Gasteiger charge is -2.17. The molecule has 0 radical (unpaired) electrons. The van der Waals surface area contributed by atoms with Crippen LogP contribution in [0.4, 0.5) is 0 Å². The van der Waals surface area contributed by atoms with E-state index in [4.69, 9.17) is 9.47 Å². The molecule has 2 heterocycles. The highest BCUT2D eigenvalue weighted by Crippen LogP contribution is 2.59. The predicted octanol–water partition coefficient (Wildman–Crippen LogP) is 1.59. The highest BCUT2D eigenvalue weighted by Gasteiger charge is 2.63. The van der Waals surface area contributed by atoms with Crippen molar-refractivity contribution in [1.29, 1.82) is 0 Å². The second-order valence-corrected chi connectivity index (χ2v) is 5.26. The van der Waals surface area contributed by atoms with Gasteiger partial charge in [0.05, 0.1) is 24.4 Å². The van der Waals surface area contributed by atoms with E-state index < -0.39 is 0 Å². The highest BCUT2D eigenvalue weighted by molar-refractivity contribution is 5.10. The first-order chi connectivity index (χ1) is 6.34. The van der Waals surface area contributed by atoms with Crippen LogP contribution in [0.3, 0.4) is 0 Å². The molecule has 0 N–H and O–H groups in total. The van der Waals surface area contributed by atoms with Gasteiger partial charge in [-0.1, -0.05) is 0 Å². The SMILES string of the molecule is CC1O[C@H]1C1CCC2CC3OC3C21. The topological polar surface area (TPSA) is 25.1 Å². The molecule has 0 amide bonds. The van der Waals surface area contributed by atoms with Gasteiger partial charge in [0.2, 0.25) is 0 Å². The molecule has 7 atom stereocenters. The molecule has 2 heteroatoms. The van der Waals surface area contributed by atoms with Crippen LogP contribution in [0.15, 0.2) is 0 Å². The predicted molar refractivity (Wildman–Crippen MR) is 47.3 cm³/mol. The van der Waals surface area contributed by atoms with E-state index in [9.17, 15) is 0 Å². The first kappa shape index (κ1) is 7.24. The Labute approximate surface area is 78.6 Å². The van der Waals surface area contributed by atoms with Crippen molar-refractivity contribution in [1.82, 2.24) is 0 Å². The third kappa shape index (κ3) is 0.861. The molecule has 0 bridgehead atoms. The minimum Gasteiger partial charge on any atom is -0.370 e. The van der Waals surface area contributed by atoms with Crippen LogP contribution < -0.4 is 0 Å². The van der Waals surface area contributed by atoms with Gasteiger partial charge in [-0.2, -0.15) is 0 Å². The van der Waals surface area contributed by atoms with Gasteiger partial charge >= 0.3 is 0 Å². The Morgan fingerprint density at radius 3 is 2.69 bits per heavy atom. The average Bonchev–Trinajstić information content (AvgIpc) is 2.94. The Morgan fingerprint density at radius 2 is 1.92 bits per heavy atom. The second-order valence-electron chi connectivity index (χ2n) is 5.26. The maximum absolute atomic E-state index is 5.65. The van der Waals surface area contributed by atoms with Crippen molar-refractivity contribution in [3.63, 3.8) is 0 Å². The number of rotatable bonds is 1. The molecule has 13 heavy (non-hydrogen) atoms. The number of ether oxygens (including phenoxy) is 2. The van der Waals surface area contributed by atoms with Gasteiger partial charge in [-0.3, -0.25) is 0 Å². The average molecular weight is 180 g/mol. The lowest BCUT2D eigenvalue weighted by atomic mass is 9.88. The van der Waals surface area contributed by atoms with Gasteiger partial charge in [-0.15, -0.1) is 0 Å². The van der Waals surface area contributed by atoms with Gasteiger partial charge in [0.25, 0.3) is 0 Å². The molecule has 4 fully saturated rings. The van der Waals surface area contributed by atoms with Crippen LogP contribution in [-0.2, 0) is 9.47 Å². The molecule has 2 saturated carbocycles. The van der Waals surface area contributed by atoms with Crippen molar-refractivity contribution in [3.8, 4) is 0 Å². The molecule has 0 spiro atoms. The summed E-state index contributed by atoms with van der Waals surface area (Å²) < 4.78 is 11.3. The molecule has 2 saturated heterocycles. The first-order valence-electron chi connectivity index (χ1n) is 5.65. The van der Waals surface area contributed by atoms with Gasteiger partial charge in [-0.25, -0.2) is 0 Å². The molecular weight excluding hydrogens is 164 g/mol. The molecule has 72 valence electrons. The molecule has 2 nitrogen and oxygen atoms in total. The van der Waals surface area contributed by atoms with Crippen molar-refractivity contribution in [3.05, 3.63) is 0 Å². The summed E-state index contributed by atoms with van der Waals surface area (Å²) in [7, 11) is 0. The Balaban J connectivity index is 1.59. The lowest BCUT2D eigenvalue weighted by Crippen LogP contribution is -2.21. The fourth-order valence-corrected chi connectivity index (χ4v) is 3.95. The summed E-state index contributed by atoms with van der Waals surface area (Å²) in [6.07, 6.45) is 6.64. The summed E-state index contributed by atoms with van der Waals surface area (Å²) in [5.41, 5.74) is 0. The van der Waals surface area contributed by atoms with Crippen LogP contribution in [-0.4, -0.2) is 24.4 Å². The van der Waals surface area contributed by atoms with E-state index >= 15 is 0 Å². The van der Waals surface area contributed by atoms with Gasteiger partial charge < -0.3 is 9.47 Å². The summed E-state index contributed by atoms with van der Waals surface area (Å²) in [6.45, 7) is 2.21. The Kier molecular flexibility index (Phi) is 1.18. The zero-order valence-electron chi connectivity index (χ0n) is 7.98. The van der Waals surface area contributed by atoms with Gasteiger partial charge in [0, 0.05) is 0 Å². The largest absolute Gasteiger partial charge is 0.370 e. The highest BCUT2D eigenvalue weighted by atomic mass is 16.6. The fraction of sp³-hybridized carbons (Fsp3) is 1.00. The van der Waals surface area contributed by atoms with E-state index in [1.54, 1.807) is 0 Å². The van der Waals surface area contributed by atoms with Crippen LogP contribution in [0.5, 0.6) is 0 Å². The molecule has 2 aliphatic heterocycles. The van der Waals surface area contributed by atoms with E-state index in [2.05, 4.69) is 6.92 Å². The third-order valence-electron chi connectivity index (χ3n) is 4.63. The summed E-state index contributed by atoms with van der Waals surface area (Å²) >= 11 is 0. The quantitative estimate of drug-likeness (QED) is 0.572. The summed E-state index contributed by atoms with van der Waals surface area (Å²) in [6, 6.07) is 0. The number of epoxide rings is 2. The van der Waals surface area contributed by atoms with Crippen LogP contribution >= 0.6 is 0 Å². The van der Waals surface area contributed by atoms with Crippen molar-refractivity contribution in [2.75, 3.05) is 0 Å². The standard InChI is InChI=1S/C11H16O2/c1-5-10(12-5)7-3-2-6-4-8-11(13-8)9(6)7/h5-11H,2-4H2,1H3/t5?,6?,7?,8?,9?,10-,11?/m1/s1. The lowest BCUT2D eigenvalue weighted by molar-refractivity contribution is 0.174. The fourth-order valence-electron chi connectivity index (χ4n) is 3.95. The van der Waals surface area contributed by atoms with E-state index in [1.807, 2.05) is 0 Å². The Bertz CT molecular complexity index is 252. The van der Waals surface area contributed by atoms with Crippen molar-refractivity contribution < 1.29 is 9.47 Å². The molecule has 0 aromatic carbocycles. The molecule has 2 aliphatic carbocycles. The molecule has 6 unspecified atom stereocenters. The van der Waals surface area contributed by atoms with Gasteiger partial charge in [0.1, 0.15) is 0 Å².